The molecule has 1 unspecified atom stereocenters. The van der Waals surface area contributed by atoms with Crippen LogP contribution in [0.1, 0.15) is 66.4 Å². The molecule has 0 radical (unpaired) electrons. The summed E-state index contributed by atoms with van der Waals surface area (Å²) in [5, 5.41) is 13.1. The zero-order valence-corrected chi connectivity index (χ0v) is 35.1. The van der Waals surface area contributed by atoms with E-state index in [-0.39, 0.29) is 35.1 Å². The zero-order chi connectivity index (χ0) is 41.5. The topological polar surface area (TPSA) is 176 Å². The van der Waals surface area contributed by atoms with Crippen molar-refractivity contribution in [1.82, 2.24) is 25.5 Å². The number of aryl methyl sites for hydroxylation is 1. The Morgan fingerprint density at radius 3 is 2.47 bits per heavy atom. The summed E-state index contributed by atoms with van der Waals surface area (Å²) in [6, 6.07) is 18.8. The third kappa shape index (κ3) is 9.71. The van der Waals surface area contributed by atoms with E-state index in [1.165, 1.54) is 26.0 Å². The van der Waals surface area contributed by atoms with Crippen LogP contribution in [0.25, 0.3) is 0 Å². The fraction of sp³-hybridized carbons (Fsp3) is 0.405. The molecule has 4 aromatic rings. The Kier molecular flexibility index (Phi) is 13.5. The lowest BCUT2D eigenvalue weighted by Gasteiger charge is -2.34. The van der Waals surface area contributed by atoms with Gasteiger partial charge in [-0.05, 0) is 86.5 Å². The van der Waals surface area contributed by atoms with E-state index in [2.05, 4.69) is 48.3 Å². The predicted molar refractivity (Wildman–Crippen MR) is 228 cm³/mol. The van der Waals surface area contributed by atoms with E-state index < -0.39 is 13.6 Å². The minimum atomic E-state index is -3.56. The molecule has 312 valence electrons. The highest BCUT2D eigenvalue weighted by Crippen LogP contribution is 2.47. The molecule has 7 rings (SSSR count). The maximum Gasteiger partial charge on any atom is 0.362 e. The number of unbranched alkanes of at least 4 members (excludes halogenated alkanes) is 2. The average Bonchev–Trinajstić information content (AvgIpc) is 3.58. The normalized spacial score (nSPS) is 17.2. The number of nitrogens with zero attached hydrogens (tertiary/aromatic N) is 4. The molecule has 0 aliphatic carbocycles. The molecule has 4 heterocycles. The molecule has 0 saturated carbocycles. The van der Waals surface area contributed by atoms with Crippen LogP contribution in [0.2, 0.25) is 5.02 Å². The first-order valence-corrected chi connectivity index (χ1v) is 21.8. The third-order valence-electron chi connectivity index (χ3n) is 11.1. The molecule has 3 aromatic carbocycles. The molecule has 15 nitrogen and oxygen atoms in total. The number of carbonyl (C=O) groups excluding carboxylic acids is 3. The molecule has 1 atom stereocenters. The van der Waals surface area contributed by atoms with Gasteiger partial charge in [0.25, 0.3) is 5.91 Å². The van der Waals surface area contributed by atoms with Crippen LogP contribution in [-0.2, 0) is 36.2 Å². The van der Waals surface area contributed by atoms with Crippen LogP contribution in [0.15, 0.2) is 66.9 Å². The number of para-hydroxylation sites is 1. The molecule has 1 aromatic heterocycles. The number of hydrogen-bond donors (Lipinski definition) is 4. The summed E-state index contributed by atoms with van der Waals surface area (Å²) in [6.07, 6.45) is 8.35. The van der Waals surface area contributed by atoms with Gasteiger partial charge >= 0.3 is 7.60 Å². The van der Waals surface area contributed by atoms with E-state index in [1.54, 1.807) is 36.3 Å². The number of rotatable bonds is 17. The molecular weight excluding hydrogens is 795 g/mol. The SMILES string of the molecule is COc1cc(N2CCC(NCCCCCc3ccc4c(c3)CN(C3CCC(=O)NC3=O)C4=O)CC2)ccc1Nc1ncc(Cl)c(Nc2ccccc2P(=O)(OC)OC)n1. The van der Waals surface area contributed by atoms with Crippen molar-refractivity contribution in [2.75, 3.05) is 56.5 Å². The van der Waals surface area contributed by atoms with Crippen molar-refractivity contribution in [3.05, 3.63) is 88.6 Å². The van der Waals surface area contributed by atoms with Crippen molar-refractivity contribution in [2.45, 2.75) is 70.0 Å². The largest absolute Gasteiger partial charge is 0.494 e. The lowest BCUT2D eigenvalue weighted by Crippen LogP contribution is -2.52. The number of methoxy groups -OCH3 is 1. The van der Waals surface area contributed by atoms with Gasteiger partial charge in [0.1, 0.15) is 16.8 Å². The summed E-state index contributed by atoms with van der Waals surface area (Å²) in [7, 11) is 0.735. The first-order valence-electron chi connectivity index (χ1n) is 19.9. The highest BCUT2D eigenvalue weighted by Gasteiger charge is 2.39. The fourth-order valence-electron chi connectivity index (χ4n) is 7.89. The number of ether oxygens (including phenoxy) is 1. The van der Waals surface area contributed by atoms with Crippen LogP contribution in [-0.4, -0.2) is 85.6 Å². The van der Waals surface area contributed by atoms with Gasteiger partial charge in [0.15, 0.2) is 5.82 Å². The van der Waals surface area contributed by atoms with Crippen molar-refractivity contribution >= 4 is 71.1 Å². The molecule has 3 aliphatic rings. The van der Waals surface area contributed by atoms with Gasteiger partial charge in [-0.15, -0.1) is 0 Å². The van der Waals surface area contributed by atoms with Crippen LogP contribution in [0, 0.1) is 0 Å². The van der Waals surface area contributed by atoms with Crippen molar-refractivity contribution in [1.29, 1.82) is 0 Å². The number of nitrogens with one attached hydrogen (secondary N) is 4. The summed E-state index contributed by atoms with van der Waals surface area (Å²) < 4.78 is 29.4. The smallest absolute Gasteiger partial charge is 0.362 e. The number of benzene rings is 3. The number of carbonyl (C=O) groups is 3. The summed E-state index contributed by atoms with van der Waals surface area (Å²) in [6.45, 7) is 3.22. The van der Waals surface area contributed by atoms with E-state index in [0.717, 1.165) is 69.4 Å². The Bertz CT molecular complexity index is 2230. The standard InChI is InChI=1S/C42H50ClN8O7P/c1-56-36-24-30(13-15-33(36)47-42-45-25-32(43)39(49-42)46-34-10-6-7-11-37(34)59(55,57-2)58-3)50-21-18-29(19-22-50)44-20-8-4-5-9-27-12-14-31-28(23-27)26-51(41(31)54)35-16-17-38(52)48-40(35)53/h6-7,10-15,23-25,29,35,44H,4-5,8-9,16-22,26H2,1-3H3,(H,48,52,53)(H2,45,46,47,49). The van der Waals surface area contributed by atoms with Gasteiger partial charge in [0.2, 0.25) is 17.8 Å². The number of fused-ring (bicyclic) bond motifs is 1. The number of imide groups is 1. The molecular formula is C42H50ClN8O7P. The maximum absolute atomic E-state index is 13.2. The van der Waals surface area contributed by atoms with Gasteiger partial charge in [-0.2, -0.15) is 4.98 Å². The molecule has 0 spiro atoms. The van der Waals surface area contributed by atoms with E-state index in [9.17, 15) is 18.9 Å². The molecule has 4 N–H and O–H groups in total. The molecule has 59 heavy (non-hydrogen) atoms. The van der Waals surface area contributed by atoms with Crippen LogP contribution < -0.4 is 36.2 Å². The van der Waals surface area contributed by atoms with Crippen molar-refractivity contribution < 1.29 is 32.7 Å². The number of hydrogen-bond acceptors (Lipinski definition) is 13. The van der Waals surface area contributed by atoms with Gasteiger partial charge in [0, 0.05) is 63.6 Å². The number of piperidine rings is 2. The second kappa shape index (κ2) is 18.9. The second-order valence-electron chi connectivity index (χ2n) is 14.8. The molecule has 0 bridgehead atoms. The summed E-state index contributed by atoms with van der Waals surface area (Å²) in [5.74, 6) is 0.436. The molecule has 17 heteroatoms. The second-order valence-corrected chi connectivity index (χ2v) is 17.4. The van der Waals surface area contributed by atoms with Crippen LogP contribution in [0.3, 0.4) is 0 Å². The lowest BCUT2D eigenvalue weighted by atomic mass is 10.0. The minimum absolute atomic E-state index is 0.135. The van der Waals surface area contributed by atoms with E-state index in [1.807, 2.05) is 24.3 Å². The van der Waals surface area contributed by atoms with Crippen LogP contribution in [0.4, 0.5) is 28.8 Å². The van der Waals surface area contributed by atoms with Gasteiger partial charge in [0.05, 0.1) is 30.0 Å². The predicted octanol–water partition coefficient (Wildman–Crippen LogP) is 6.47. The quantitative estimate of drug-likeness (QED) is 0.0518. The summed E-state index contributed by atoms with van der Waals surface area (Å²) in [4.78, 5) is 49.8. The Balaban J connectivity index is 0.848. The highest BCUT2D eigenvalue weighted by atomic mass is 35.5. The molecule has 2 saturated heterocycles. The first kappa shape index (κ1) is 42.1. The Morgan fingerprint density at radius 2 is 1.71 bits per heavy atom. The molecule has 3 aliphatic heterocycles. The highest BCUT2D eigenvalue weighted by molar-refractivity contribution is 7.62. The average molecular weight is 845 g/mol. The van der Waals surface area contributed by atoms with Gasteiger partial charge in [-0.3, -0.25) is 24.3 Å². The first-order chi connectivity index (χ1) is 28.6. The van der Waals surface area contributed by atoms with Crippen molar-refractivity contribution in [2.24, 2.45) is 0 Å². The van der Waals surface area contributed by atoms with Crippen LogP contribution >= 0.6 is 19.2 Å². The van der Waals surface area contributed by atoms with Gasteiger partial charge in [-0.1, -0.05) is 42.3 Å². The lowest BCUT2D eigenvalue weighted by molar-refractivity contribution is -0.136. The Hall–Kier alpha value is -5.05. The van der Waals surface area contributed by atoms with E-state index >= 15 is 0 Å². The zero-order valence-electron chi connectivity index (χ0n) is 33.5. The number of anilines is 5. The minimum Gasteiger partial charge on any atom is -0.494 e. The fourth-order valence-corrected chi connectivity index (χ4v) is 9.27. The number of halogens is 1. The molecule has 2 fully saturated rings. The summed E-state index contributed by atoms with van der Waals surface area (Å²) >= 11 is 6.47. The van der Waals surface area contributed by atoms with Crippen molar-refractivity contribution in [3.63, 3.8) is 0 Å². The van der Waals surface area contributed by atoms with E-state index in [4.69, 9.17) is 25.4 Å². The monoisotopic (exact) mass is 844 g/mol. The number of aromatic nitrogens is 2. The Labute approximate surface area is 349 Å². The Morgan fingerprint density at radius 1 is 0.915 bits per heavy atom. The van der Waals surface area contributed by atoms with Crippen LogP contribution in [0.5, 0.6) is 5.75 Å². The van der Waals surface area contributed by atoms with Gasteiger partial charge < -0.3 is 39.5 Å². The third-order valence-corrected chi connectivity index (χ3v) is 13.3. The van der Waals surface area contributed by atoms with Crippen molar-refractivity contribution in [3.8, 4) is 5.75 Å². The van der Waals surface area contributed by atoms with E-state index in [0.29, 0.717) is 52.8 Å². The van der Waals surface area contributed by atoms with Gasteiger partial charge in [-0.25, -0.2) is 4.98 Å². The summed E-state index contributed by atoms with van der Waals surface area (Å²) in [5.41, 5.74) is 5.04. The maximum atomic E-state index is 13.2. The number of amides is 3. The molecule has 3 amide bonds.